The fourth-order valence-electron chi connectivity index (χ4n) is 2.82. The number of hydrogen-bond acceptors (Lipinski definition) is 6. The van der Waals surface area contributed by atoms with Crippen LogP contribution < -0.4 is 25.0 Å². The molecule has 33 heavy (non-hydrogen) atoms. The lowest BCUT2D eigenvalue weighted by Gasteiger charge is -2.08. The van der Waals surface area contributed by atoms with E-state index in [1.165, 1.54) is 20.4 Å². The average Bonchev–Trinajstić information content (AvgIpc) is 2.87. The molecule has 0 aromatic heterocycles. The Morgan fingerprint density at radius 3 is 2.18 bits per heavy atom. The second-order valence-corrected chi connectivity index (χ2v) is 6.92. The van der Waals surface area contributed by atoms with E-state index in [0.717, 1.165) is 11.1 Å². The van der Waals surface area contributed by atoms with Crippen molar-refractivity contribution in [3.8, 4) is 17.2 Å². The zero-order chi connectivity index (χ0) is 23.5. The summed E-state index contributed by atoms with van der Waals surface area (Å²) in [6.07, 6.45) is 1.51. The normalized spacial score (nSPS) is 10.5. The lowest BCUT2D eigenvalue weighted by atomic mass is 10.2. The summed E-state index contributed by atoms with van der Waals surface area (Å²) in [4.78, 5) is 24.3. The van der Waals surface area contributed by atoms with Gasteiger partial charge in [-0.05, 0) is 47.5 Å². The Morgan fingerprint density at radius 2 is 1.55 bits per heavy atom. The molecule has 3 aromatic carbocycles. The molecular formula is C25H25N3O5. The van der Waals surface area contributed by atoms with Crippen LogP contribution in [0.1, 0.15) is 21.5 Å². The van der Waals surface area contributed by atoms with Crippen LogP contribution in [-0.4, -0.2) is 38.9 Å². The standard InChI is InChI=1S/C25H25N3O5/c1-31-22-12-20(13-23(14-22)32-2)25(30)28-27-16-19-8-10-21(11-9-19)33-17-24(29)26-15-18-6-4-3-5-7-18/h3-14,16H,15,17H2,1-2H3,(H,26,29)(H,28,30)/b27-16+. The zero-order valence-corrected chi connectivity index (χ0v) is 18.4. The summed E-state index contributed by atoms with van der Waals surface area (Å²) >= 11 is 0. The van der Waals surface area contributed by atoms with Gasteiger partial charge in [0.1, 0.15) is 17.2 Å². The maximum absolute atomic E-state index is 12.3. The molecule has 0 aliphatic rings. The number of rotatable bonds is 10. The first-order valence-electron chi connectivity index (χ1n) is 10.2. The van der Waals surface area contributed by atoms with E-state index < -0.39 is 5.91 Å². The Balaban J connectivity index is 1.46. The number of methoxy groups -OCH3 is 2. The molecule has 0 fully saturated rings. The van der Waals surface area contributed by atoms with E-state index >= 15 is 0 Å². The Hall–Kier alpha value is -4.33. The number of hydrogen-bond donors (Lipinski definition) is 2. The number of nitrogens with zero attached hydrogens (tertiary/aromatic N) is 1. The Labute approximate surface area is 192 Å². The van der Waals surface area contributed by atoms with Crippen LogP contribution in [0.3, 0.4) is 0 Å². The number of ether oxygens (including phenoxy) is 3. The van der Waals surface area contributed by atoms with Gasteiger partial charge in [0.15, 0.2) is 6.61 Å². The van der Waals surface area contributed by atoms with Crippen molar-refractivity contribution < 1.29 is 23.8 Å². The molecule has 170 valence electrons. The summed E-state index contributed by atoms with van der Waals surface area (Å²) < 4.78 is 15.8. The Bertz CT molecular complexity index is 1080. The summed E-state index contributed by atoms with van der Waals surface area (Å²) in [7, 11) is 3.03. The van der Waals surface area contributed by atoms with E-state index in [4.69, 9.17) is 14.2 Å². The predicted octanol–water partition coefficient (Wildman–Crippen LogP) is 3.16. The smallest absolute Gasteiger partial charge is 0.271 e. The SMILES string of the molecule is COc1cc(OC)cc(C(=O)N/N=C/c2ccc(OCC(=O)NCc3ccccc3)cc2)c1. The largest absolute Gasteiger partial charge is 0.497 e. The van der Waals surface area contributed by atoms with Gasteiger partial charge in [-0.15, -0.1) is 0 Å². The van der Waals surface area contributed by atoms with Crippen LogP contribution in [0, 0.1) is 0 Å². The molecule has 0 heterocycles. The number of benzene rings is 3. The molecule has 0 radical (unpaired) electrons. The minimum absolute atomic E-state index is 0.0830. The molecule has 8 heteroatoms. The van der Waals surface area contributed by atoms with Gasteiger partial charge in [0.25, 0.3) is 11.8 Å². The lowest BCUT2D eigenvalue weighted by Crippen LogP contribution is -2.28. The van der Waals surface area contributed by atoms with Gasteiger partial charge in [-0.1, -0.05) is 30.3 Å². The topological polar surface area (TPSA) is 98.2 Å². The van der Waals surface area contributed by atoms with Gasteiger partial charge in [-0.3, -0.25) is 9.59 Å². The lowest BCUT2D eigenvalue weighted by molar-refractivity contribution is -0.123. The van der Waals surface area contributed by atoms with E-state index in [0.29, 0.717) is 29.4 Å². The van der Waals surface area contributed by atoms with Crippen molar-refractivity contribution in [2.24, 2.45) is 5.10 Å². The minimum atomic E-state index is -0.398. The monoisotopic (exact) mass is 447 g/mol. The van der Waals surface area contributed by atoms with Crippen LogP contribution in [0.2, 0.25) is 0 Å². The summed E-state index contributed by atoms with van der Waals surface area (Å²) in [5.74, 6) is 0.960. The molecule has 0 spiro atoms. The summed E-state index contributed by atoms with van der Waals surface area (Å²) in [5.41, 5.74) is 4.60. The molecule has 2 N–H and O–H groups in total. The minimum Gasteiger partial charge on any atom is -0.497 e. The van der Waals surface area contributed by atoms with Crippen LogP contribution in [-0.2, 0) is 11.3 Å². The summed E-state index contributed by atoms with van der Waals surface area (Å²) in [5, 5.41) is 6.78. The summed E-state index contributed by atoms with van der Waals surface area (Å²) in [6, 6.07) is 21.5. The molecule has 3 aromatic rings. The van der Waals surface area contributed by atoms with Gasteiger partial charge < -0.3 is 19.5 Å². The van der Waals surface area contributed by atoms with Gasteiger partial charge in [0, 0.05) is 18.2 Å². The fourth-order valence-corrected chi connectivity index (χ4v) is 2.82. The van der Waals surface area contributed by atoms with Gasteiger partial charge in [0.2, 0.25) is 0 Å². The van der Waals surface area contributed by atoms with Crippen molar-refractivity contribution in [2.45, 2.75) is 6.54 Å². The van der Waals surface area contributed by atoms with Crippen molar-refractivity contribution in [1.29, 1.82) is 0 Å². The first-order chi connectivity index (χ1) is 16.1. The van der Waals surface area contributed by atoms with Gasteiger partial charge in [0.05, 0.1) is 20.4 Å². The highest BCUT2D eigenvalue weighted by Crippen LogP contribution is 2.22. The van der Waals surface area contributed by atoms with Crippen molar-refractivity contribution in [3.05, 3.63) is 89.5 Å². The molecule has 0 bridgehead atoms. The van der Waals surface area contributed by atoms with Crippen LogP contribution in [0.25, 0.3) is 0 Å². The van der Waals surface area contributed by atoms with Crippen molar-refractivity contribution in [3.63, 3.8) is 0 Å². The molecule has 0 unspecified atom stereocenters. The highest BCUT2D eigenvalue weighted by molar-refractivity contribution is 5.95. The second-order valence-electron chi connectivity index (χ2n) is 6.92. The van der Waals surface area contributed by atoms with Crippen molar-refractivity contribution in [1.82, 2.24) is 10.7 Å². The quantitative estimate of drug-likeness (QED) is 0.368. The molecule has 0 atom stereocenters. The Kier molecular flexibility index (Phi) is 8.41. The summed E-state index contributed by atoms with van der Waals surface area (Å²) in [6.45, 7) is 0.368. The average molecular weight is 447 g/mol. The van der Waals surface area contributed by atoms with Crippen molar-refractivity contribution in [2.75, 3.05) is 20.8 Å². The van der Waals surface area contributed by atoms with Gasteiger partial charge >= 0.3 is 0 Å². The number of carbonyl (C=O) groups is 2. The number of amides is 2. The molecular weight excluding hydrogens is 422 g/mol. The molecule has 8 nitrogen and oxygen atoms in total. The highest BCUT2D eigenvalue weighted by Gasteiger charge is 2.09. The molecule has 0 aliphatic carbocycles. The van der Waals surface area contributed by atoms with Crippen LogP contribution in [0.5, 0.6) is 17.2 Å². The molecule has 0 saturated heterocycles. The second kappa shape index (κ2) is 11.9. The predicted molar refractivity (Wildman–Crippen MR) is 125 cm³/mol. The first-order valence-corrected chi connectivity index (χ1v) is 10.2. The Morgan fingerprint density at radius 1 is 0.879 bits per heavy atom. The first kappa shape index (κ1) is 23.3. The zero-order valence-electron chi connectivity index (χ0n) is 18.4. The van der Waals surface area contributed by atoms with E-state index in [9.17, 15) is 9.59 Å². The van der Waals surface area contributed by atoms with E-state index in [-0.39, 0.29) is 12.5 Å². The fraction of sp³-hybridized carbons (Fsp3) is 0.160. The molecule has 2 amide bonds. The highest BCUT2D eigenvalue weighted by atomic mass is 16.5. The van der Waals surface area contributed by atoms with Gasteiger partial charge in [-0.2, -0.15) is 5.10 Å². The van der Waals surface area contributed by atoms with Gasteiger partial charge in [-0.25, -0.2) is 5.43 Å². The van der Waals surface area contributed by atoms with Crippen LogP contribution in [0.15, 0.2) is 77.9 Å². The molecule has 0 aliphatic heterocycles. The van der Waals surface area contributed by atoms with E-state index in [2.05, 4.69) is 15.8 Å². The molecule has 3 rings (SSSR count). The number of carbonyl (C=O) groups excluding carboxylic acids is 2. The maximum Gasteiger partial charge on any atom is 0.271 e. The van der Waals surface area contributed by atoms with Crippen molar-refractivity contribution >= 4 is 18.0 Å². The van der Waals surface area contributed by atoms with E-state index in [1.807, 2.05) is 30.3 Å². The maximum atomic E-state index is 12.3. The number of nitrogens with one attached hydrogen (secondary N) is 2. The molecule has 0 saturated carbocycles. The van der Waals surface area contributed by atoms with Crippen LogP contribution >= 0.6 is 0 Å². The van der Waals surface area contributed by atoms with E-state index in [1.54, 1.807) is 42.5 Å². The third-order valence-corrected chi connectivity index (χ3v) is 4.58. The van der Waals surface area contributed by atoms with Crippen LogP contribution in [0.4, 0.5) is 0 Å². The number of hydrazone groups is 1. The third kappa shape index (κ3) is 7.39. The third-order valence-electron chi connectivity index (χ3n) is 4.58.